The maximum atomic E-state index is 12.7. The van der Waals surface area contributed by atoms with E-state index >= 15 is 0 Å². The first-order chi connectivity index (χ1) is 8.45. The number of hydrogen-bond acceptors (Lipinski definition) is 2. The molecule has 104 valence electrons. The summed E-state index contributed by atoms with van der Waals surface area (Å²) >= 11 is 0. The molecule has 0 saturated heterocycles. The maximum Gasteiger partial charge on any atom is 0.402 e. The van der Waals surface area contributed by atoms with Gasteiger partial charge < -0.3 is 4.74 Å². The number of ether oxygens (including phenoxy) is 1. The van der Waals surface area contributed by atoms with Gasteiger partial charge in [-0.2, -0.15) is 13.2 Å². The Morgan fingerprint density at radius 1 is 1.33 bits per heavy atom. The van der Waals surface area contributed by atoms with Gasteiger partial charge in [0.15, 0.2) is 5.92 Å². The molecular weight excluding hydrogens is 245 g/mol. The minimum absolute atomic E-state index is 0.0258. The van der Waals surface area contributed by atoms with Gasteiger partial charge in [0.25, 0.3) is 0 Å². The highest BCUT2D eigenvalue weighted by Gasteiger charge is 2.45. The summed E-state index contributed by atoms with van der Waals surface area (Å²) in [6, 6.07) is 0. The minimum atomic E-state index is -4.53. The van der Waals surface area contributed by atoms with Crippen molar-refractivity contribution in [3.63, 3.8) is 0 Å². The fourth-order valence-electron chi connectivity index (χ4n) is 2.10. The van der Waals surface area contributed by atoms with Gasteiger partial charge in [-0.1, -0.05) is 18.1 Å². The summed E-state index contributed by atoms with van der Waals surface area (Å²) in [7, 11) is 0. The van der Waals surface area contributed by atoms with E-state index in [1.807, 2.05) is 0 Å². The average molecular weight is 264 g/mol. The number of halogens is 3. The molecule has 0 radical (unpaired) electrons. The van der Waals surface area contributed by atoms with E-state index in [2.05, 4.69) is 4.74 Å². The van der Waals surface area contributed by atoms with Crippen LogP contribution in [0.1, 0.15) is 45.4 Å². The lowest BCUT2D eigenvalue weighted by Gasteiger charge is -2.19. The molecule has 0 aromatic heterocycles. The van der Waals surface area contributed by atoms with E-state index in [4.69, 9.17) is 0 Å². The van der Waals surface area contributed by atoms with Crippen LogP contribution in [0, 0.1) is 5.92 Å². The molecule has 1 unspecified atom stereocenters. The monoisotopic (exact) mass is 264 g/mol. The summed E-state index contributed by atoms with van der Waals surface area (Å²) in [6.07, 6.45) is 1.66. The van der Waals surface area contributed by atoms with Gasteiger partial charge in [0.1, 0.15) is 0 Å². The number of carbonyl (C=O) groups excluding carboxylic acids is 1. The zero-order valence-corrected chi connectivity index (χ0v) is 10.6. The van der Waals surface area contributed by atoms with Crippen LogP contribution >= 0.6 is 0 Å². The Bertz CT molecular complexity index is 300. The van der Waals surface area contributed by atoms with E-state index in [0.29, 0.717) is 0 Å². The molecule has 1 aliphatic rings. The molecule has 1 rings (SSSR count). The normalized spacial score (nSPS) is 18.3. The predicted molar refractivity (Wildman–Crippen MR) is 62.0 cm³/mol. The zero-order chi connectivity index (χ0) is 13.6. The highest BCUT2D eigenvalue weighted by atomic mass is 19.4. The molecule has 1 fully saturated rings. The van der Waals surface area contributed by atoms with Crippen molar-refractivity contribution in [3.8, 4) is 0 Å². The first-order valence-corrected chi connectivity index (χ1v) is 6.36. The predicted octanol–water partition coefficient (Wildman–Crippen LogP) is 4.01. The van der Waals surface area contributed by atoms with Gasteiger partial charge >= 0.3 is 12.1 Å². The SMILES string of the molecule is CCOC(=O)C(CC=C1CCCCC1)C(F)(F)F. The van der Waals surface area contributed by atoms with E-state index in [-0.39, 0.29) is 13.0 Å². The van der Waals surface area contributed by atoms with Crippen LogP contribution in [0.2, 0.25) is 0 Å². The molecule has 0 N–H and O–H groups in total. The van der Waals surface area contributed by atoms with Crippen LogP contribution in [0.25, 0.3) is 0 Å². The molecule has 0 aromatic rings. The fraction of sp³-hybridized carbons (Fsp3) is 0.769. The number of alkyl halides is 3. The van der Waals surface area contributed by atoms with Crippen molar-refractivity contribution in [2.24, 2.45) is 5.92 Å². The lowest BCUT2D eigenvalue weighted by atomic mass is 9.92. The lowest BCUT2D eigenvalue weighted by molar-refractivity contribution is -0.196. The first kappa shape index (κ1) is 15.1. The van der Waals surface area contributed by atoms with E-state index in [1.165, 1.54) is 6.92 Å². The smallest absolute Gasteiger partial charge is 0.402 e. The highest BCUT2D eigenvalue weighted by molar-refractivity contribution is 5.73. The highest BCUT2D eigenvalue weighted by Crippen LogP contribution is 2.32. The van der Waals surface area contributed by atoms with E-state index < -0.39 is 18.1 Å². The van der Waals surface area contributed by atoms with Crippen molar-refractivity contribution in [2.75, 3.05) is 6.61 Å². The Morgan fingerprint density at radius 3 is 2.44 bits per heavy atom. The van der Waals surface area contributed by atoms with Gasteiger partial charge in [-0.3, -0.25) is 4.79 Å². The van der Waals surface area contributed by atoms with Crippen LogP contribution in [-0.4, -0.2) is 18.8 Å². The van der Waals surface area contributed by atoms with Gasteiger partial charge in [-0.05, 0) is 39.0 Å². The summed E-state index contributed by atoms with van der Waals surface area (Å²) in [5.41, 5.74) is 1.04. The number of rotatable bonds is 4. The number of esters is 1. The van der Waals surface area contributed by atoms with E-state index in [1.54, 1.807) is 6.08 Å². The first-order valence-electron chi connectivity index (χ1n) is 6.36. The lowest BCUT2D eigenvalue weighted by Crippen LogP contribution is -2.32. The largest absolute Gasteiger partial charge is 0.466 e. The standard InChI is InChI=1S/C13H19F3O2/c1-2-18-12(17)11(13(14,15)16)9-8-10-6-4-3-5-7-10/h8,11H,2-7,9H2,1H3. The molecule has 18 heavy (non-hydrogen) atoms. The van der Waals surface area contributed by atoms with Crippen molar-refractivity contribution in [1.82, 2.24) is 0 Å². The molecular formula is C13H19F3O2. The summed E-state index contributed by atoms with van der Waals surface area (Å²) < 4.78 is 42.6. The number of allylic oxidation sites excluding steroid dienone is 2. The van der Waals surface area contributed by atoms with Crippen LogP contribution in [0.3, 0.4) is 0 Å². The summed E-state index contributed by atoms with van der Waals surface area (Å²) in [5, 5.41) is 0. The van der Waals surface area contributed by atoms with E-state index in [9.17, 15) is 18.0 Å². The van der Waals surface area contributed by atoms with Crippen molar-refractivity contribution in [3.05, 3.63) is 11.6 Å². The fourth-order valence-corrected chi connectivity index (χ4v) is 2.10. The third-order valence-corrected chi connectivity index (χ3v) is 3.10. The van der Waals surface area contributed by atoms with Crippen molar-refractivity contribution in [2.45, 2.75) is 51.6 Å². The van der Waals surface area contributed by atoms with Gasteiger partial charge in [-0.25, -0.2) is 0 Å². The molecule has 0 heterocycles. The van der Waals surface area contributed by atoms with Crippen molar-refractivity contribution < 1.29 is 22.7 Å². The van der Waals surface area contributed by atoms with Gasteiger partial charge in [0.05, 0.1) is 6.61 Å². The Labute approximate surface area is 105 Å². The van der Waals surface area contributed by atoms with Gasteiger partial charge in [0, 0.05) is 0 Å². The number of hydrogen-bond donors (Lipinski definition) is 0. The Balaban J connectivity index is 2.63. The van der Waals surface area contributed by atoms with Crippen LogP contribution in [0.5, 0.6) is 0 Å². The average Bonchev–Trinajstić information content (AvgIpc) is 2.29. The topological polar surface area (TPSA) is 26.3 Å². The minimum Gasteiger partial charge on any atom is -0.466 e. The Hall–Kier alpha value is -1.00. The summed E-state index contributed by atoms with van der Waals surface area (Å²) in [4.78, 5) is 11.3. The molecule has 0 amide bonds. The molecule has 0 aliphatic heterocycles. The van der Waals surface area contributed by atoms with Gasteiger partial charge in [-0.15, -0.1) is 0 Å². The summed E-state index contributed by atoms with van der Waals surface area (Å²) in [6.45, 7) is 1.48. The van der Waals surface area contributed by atoms with Crippen LogP contribution in [0.15, 0.2) is 11.6 Å². The third-order valence-electron chi connectivity index (χ3n) is 3.10. The van der Waals surface area contributed by atoms with Crippen LogP contribution < -0.4 is 0 Å². The maximum absolute atomic E-state index is 12.7. The molecule has 0 bridgehead atoms. The third kappa shape index (κ3) is 4.70. The molecule has 1 aliphatic carbocycles. The molecule has 5 heteroatoms. The molecule has 2 nitrogen and oxygen atoms in total. The Morgan fingerprint density at radius 2 is 1.94 bits per heavy atom. The zero-order valence-electron chi connectivity index (χ0n) is 10.6. The molecule has 0 spiro atoms. The van der Waals surface area contributed by atoms with Gasteiger partial charge in [0.2, 0.25) is 0 Å². The van der Waals surface area contributed by atoms with Crippen molar-refractivity contribution in [1.29, 1.82) is 0 Å². The second kappa shape index (κ2) is 6.81. The second-order valence-corrected chi connectivity index (χ2v) is 4.50. The quantitative estimate of drug-likeness (QED) is 0.566. The van der Waals surface area contributed by atoms with Crippen LogP contribution in [0.4, 0.5) is 13.2 Å². The Kier molecular flexibility index (Phi) is 5.69. The van der Waals surface area contributed by atoms with E-state index in [0.717, 1.165) is 37.7 Å². The van der Waals surface area contributed by atoms with Crippen LogP contribution in [-0.2, 0) is 9.53 Å². The molecule has 0 aromatic carbocycles. The van der Waals surface area contributed by atoms with Crippen molar-refractivity contribution >= 4 is 5.97 Å². The number of carbonyl (C=O) groups is 1. The molecule has 1 atom stereocenters. The molecule has 1 saturated carbocycles. The summed E-state index contributed by atoms with van der Waals surface area (Å²) in [5.74, 6) is -3.19. The second-order valence-electron chi connectivity index (χ2n) is 4.50.